The molecule has 0 saturated heterocycles. The maximum absolute atomic E-state index is 8.72. The zero-order chi connectivity index (χ0) is 12.0. The lowest BCUT2D eigenvalue weighted by Crippen LogP contribution is -2.34. The van der Waals surface area contributed by atoms with Crippen LogP contribution < -0.4 is 11.1 Å². The van der Waals surface area contributed by atoms with Gasteiger partial charge in [0.25, 0.3) is 0 Å². The molecule has 0 aromatic carbocycles. The first-order valence-corrected chi connectivity index (χ1v) is 5.92. The van der Waals surface area contributed by atoms with Crippen molar-refractivity contribution in [3.63, 3.8) is 0 Å². The Morgan fingerprint density at radius 2 is 2.25 bits per heavy atom. The molecule has 0 aromatic heterocycles. The maximum atomic E-state index is 8.72. The van der Waals surface area contributed by atoms with E-state index in [0.29, 0.717) is 18.3 Å². The first-order chi connectivity index (χ1) is 7.62. The van der Waals surface area contributed by atoms with Gasteiger partial charge in [0.1, 0.15) is 5.84 Å². The average molecular weight is 229 g/mol. The largest absolute Gasteiger partial charge is 0.409 e. The van der Waals surface area contributed by atoms with Crippen molar-refractivity contribution >= 4 is 5.84 Å². The number of oxime groups is 1. The quantitative estimate of drug-likeness (QED) is 0.213. The maximum Gasteiger partial charge on any atom is 0.139 e. The van der Waals surface area contributed by atoms with Gasteiger partial charge >= 0.3 is 0 Å². The van der Waals surface area contributed by atoms with Gasteiger partial charge < -0.3 is 21.4 Å². The minimum Gasteiger partial charge on any atom is -0.409 e. The Hall–Kier alpha value is -0.810. The summed E-state index contributed by atoms with van der Waals surface area (Å²) in [4.78, 5) is 0. The Labute approximate surface area is 96.7 Å². The van der Waals surface area contributed by atoms with Gasteiger partial charge in [0.15, 0.2) is 0 Å². The number of rotatable bonds is 8. The van der Waals surface area contributed by atoms with Crippen LogP contribution in [-0.2, 0) is 0 Å². The molecule has 0 aromatic rings. The zero-order valence-corrected chi connectivity index (χ0v) is 9.95. The Balaban J connectivity index is 2.21. The fraction of sp³-hybridized carbons (Fsp3) is 0.909. The first kappa shape index (κ1) is 13.3. The van der Waals surface area contributed by atoms with Crippen molar-refractivity contribution in [3.05, 3.63) is 0 Å². The first-order valence-electron chi connectivity index (χ1n) is 5.92. The minimum absolute atomic E-state index is 0.212. The third kappa shape index (κ3) is 4.37. The summed E-state index contributed by atoms with van der Waals surface area (Å²) in [5, 5.41) is 23.7. The van der Waals surface area contributed by atoms with E-state index in [1.54, 1.807) is 0 Å². The molecule has 1 unspecified atom stereocenters. The van der Waals surface area contributed by atoms with E-state index in [1.807, 2.05) is 0 Å². The van der Waals surface area contributed by atoms with Crippen LogP contribution in [0.5, 0.6) is 0 Å². The summed E-state index contributed by atoms with van der Waals surface area (Å²) < 4.78 is 0. The molecule has 0 aliphatic heterocycles. The summed E-state index contributed by atoms with van der Waals surface area (Å²) in [6, 6.07) is 0.414. The molecule has 1 aliphatic rings. The molecular formula is C11H23N3O2. The van der Waals surface area contributed by atoms with E-state index < -0.39 is 0 Å². The van der Waals surface area contributed by atoms with Gasteiger partial charge in [0, 0.05) is 25.6 Å². The monoisotopic (exact) mass is 229 g/mol. The average Bonchev–Trinajstić information content (AvgIpc) is 3.04. The number of hydrogen-bond donors (Lipinski definition) is 4. The van der Waals surface area contributed by atoms with Gasteiger partial charge in [-0.1, -0.05) is 5.16 Å². The Morgan fingerprint density at radius 3 is 2.75 bits per heavy atom. The van der Waals surface area contributed by atoms with Crippen molar-refractivity contribution in [1.29, 1.82) is 0 Å². The number of hydrogen-bond acceptors (Lipinski definition) is 4. The van der Waals surface area contributed by atoms with Crippen LogP contribution in [0.2, 0.25) is 0 Å². The number of aliphatic hydroxyl groups is 1. The van der Waals surface area contributed by atoms with Crippen LogP contribution in [0.1, 0.15) is 39.0 Å². The van der Waals surface area contributed by atoms with Gasteiger partial charge in [-0.25, -0.2) is 0 Å². The molecule has 5 N–H and O–H groups in total. The number of nitrogens with two attached hydrogens (primary N) is 1. The highest BCUT2D eigenvalue weighted by Gasteiger charge is 2.43. The molecule has 5 nitrogen and oxygen atoms in total. The van der Waals surface area contributed by atoms with Gasteiger partial charge in [0.05, 0.1) is 0 Å². The van der Waals surface area contributed by atoms with Crippen molar-refractivity contribution < 1.29 is 10.3 Å². The van der Waals surface area contributed by atoms with Gasteiger partial charge in [-0.15, -0.1) is 0 Å². The molecule has 1 fully saturated rings. The molecule has 0 bridgehead atoms. The molecule has 1 aliphatic carbocycles. The molecule has 0 heterocycles. The van der Waals surface area contributed by atoms with Crippen molar-refractivity contribution in [1.82, 2.24) is 5.32 Å². The summed E-state index contributed by atoms with van der Waals surface area (Å²) in [5.74, 6) is 0.322. The van der Waals surface area contributed by atoms with E-state index >= 15 is 0 Å². The van der Waals surface area contributed by atoms with E-state index in [1.165, 1.54) is 0 Å². The lowest BCUT2D eigenvalue weighted by atomic mass is 10.0. The van der Waals surface area contributed by atoms with Crippen molar-refractivity contribution in [3.8, 4) is 0 Å². The van der Waals surface area contributed by atoms with Crippen LogP contribution >= 0.6 is 0 Å². The summed E-state index contributed by atoms with van der Waals surface area (Å²) in [6.45, 7) is 3.28. The predicted octanol–water partition coefficient (Wildman–Crippen LogP) is 0.654. The second-order valence-corrected chi connectivity index (χ2v) is 4.92. The number of amidine groups is 1. The topological polar surface area (TPSA) is 90.9 Å². The standard InChI is InChI=1S/C11H23N3O2/c1-9(3-2-6-15)13-8-11(4-5-11)7-10(12)14-16/h9,13,15-16H,2-8H2,1H3,(H2,12,14). The van der Waals surface area contributed by atoms with Gasteiger partial charge in [0.2, 0.25) is 0 Å². The van der Waals surface area contributed by atoms with E-state index in [4.69, 9.17) is 16.0 Å². The highest BCUT2D eigenvalue weighted by atomic mass is 16.4. The van der Waals surface area contributed by atoms with Crippen LogP contribution in [0.25, 0.3) is 0 Å². The smallest absolute Gasteiger partial charge is 0.139 e. The molecule has 16 heavy (non-hydrogen) atoms. The summed E-state index contributed by atoms with van der Waals surface area (Å²) in [6.07, 6.45) is 4.77. The normalized spacial score (nSPS) is 20.8. The summed E-state index contributed by atoms with van der Waals surface area (Å²) in [5.41, 5.74) is 5.74. The fourth-order valence-corrected chi connectivity index (χ4v) is 1.90. The van der Waals surface area contributed by atoms with Crippen LogP contribution in [0.4, 0.5) is 0 Å². The molecule has 0 spiro atoms. The SMILES string of the molecule is CC(CCCO)NCC1(CC(N)=NO)CC1. The second-order valence-electron chi connectivity index (χ2n) is 4.92. The van der Waals surface area contributed by atoms with Crippen LogP contribution in [0, 0.1) is 5.41 Å². The van der Waals surface area contributed by atoms with Crippen LogP contribution in [0.3, 0.4) is 0 Å². The molecule has 5 heteroatoms. The third-order valence-electron chi connectivity index (χ3n) is 3.26. The number of nitrogens with zero attached hydrogens (tertiary/aromatic N) is 1. The third-order valence-corrected chi connectivity index (χ3v) is 3.26. The Bertz CT molecular complexity index is 239. The van der Waals surface area contributed by atoms with Crippen molar-refractivity contribution in [2.75, 3.05) is 13.2 Å². The highest BCUT2D eigenvalue weighted by Crippen LogP contribution is 2.48. The fourth-order valence-electron chi connectivity index (χ4n) is 1.90. The highest BCUT2D eigenvalue weighted by molar-refractivity contribution is 5.80. The van der Waals surface area contributed by atoms with Crippen molar-refractivity contribution in [2.45, 2.75) is 45.1 Å². The van der Waals surface area contributed by atoms with E-state index in [9.17, 15) is 0 Å². The van der Waals surface area contributed by atoms with Gasteiger partial charge in [-0.2, -0.15) is 0 Å². The van der Waals surface area contributed by atoms with E-state index in [0.717, 1.165) is 32.2 Å². The molecule has 1 saturated carbocycles. The van der Waals surface area contributed by atoms with Gasteiger partial charge in [-0.3, -0.25) is 0 Å². The summed E-state index contributed by atoms with van der Waals surface area (Å²) in [7, 11) is 0. The molecular weight excluding hydrogens is 206 g/mol. The van der Waals surface area contributed by atoms with E-state index in [-0.39, 0.29) is 12.0 Å². The van der Waals surface area contributed by atoms with Crippen molar-refractivity contribution in [2.24, 2.45) is 16.3 Å². The Kier molecular flexibility index (Phi) is 5.02. The molecule has 94 valence electrons. The predicted molar refractivity (Wildman–Crippen MR) is 63.5 cm³/mol. The van der Waals surface area contributed by atoms with E-state index in [2.05, 4.69) is 17.4 Å². The van der Waals surface area contributed by atoms with Gasteiger partial charge in [-0.05, 0) is 38.0 Å². The molecule has 1 rings (SSSR count). The zero-order valence-electron chi connectivity index (χ0n) is 9.95. The van der Waals surface area contributed by atoms with Crippen LogP contribution in [-0.4, -0.2) is 35.3 Å². The number of nitrogens with one attached hydrogen (secondary N) is 1. The Morgan fingerprint density at radius 1 is 1.56 bits per heavy atom. The number of aliphatic hydroxyl groups excluding tert-OH is 1. The lowest BCUT2D eigenvalue weighted by Gasteiger charge is -2.19. The second kappa shape index (κ2) is 6.06. The molecule has 0 radical (unpaired) electrons. The minimum atomic E-state index is 0.212. The molecule has 0 amide bonds. The summed E-state index contributed by atoms with van der Waals surface area (Å²) >= 11 is 0. The molecule has 1 atom stereocenters. The van der Waals surface area contributed by atoms with Crippen LogP contribution in [0.15, 0.2) is 5.16 Å². The lowest BCUT2D eigenvalue weighted by molar-refractivity contribution is 0.274.